The van der Waals surface area contributed by atoms with Crippen molar-refractivity contribution in [3.63, 3.8) is 0 Å². The maximum Gasteiger partial charge on any atom is 0.225 e. The molecule has 1 fully saturated rings. The number of nitrogens with one attached hydrogen (secondary N) is 1. The van der Waals surface area contributed by atoms with Crippen molar-refractivity contribution in [1.82, 2.24) is 10.2 Å². The second kappa shape index (κ2) is 7.60. The van der Waals surface area contributed by atoms with E-state index in [9.17, 15) is 14.0 Å². The lowest BCUT2D eigenvalue weighted by atomic mass is 9.97. The highest BCUT2D eigenvalue weighted by Crippen LogP contribution is 2.21. The second-order valence-electron chi connectivity index (χ2n) is 6.65. The van der Waals surface area contributed by atoms with Crippen LogP contribution < -0.4 is 5.32 Å². The van der Waals surface area contributed by atoms with Gasteiger partial charge in [-0.2, -0.15) is 0 Å². The molecule has 5 heteroatoms. The van der Waals surface area contributed by atoms with E-state index in [0.717, 1.165) is 24.8 Å². The zero-order chi connectivity index (χ0) is 16.9. The fourth-order valence-electron chi connectivity index (χ4n) is 3.38. The normalized spacial score (nSPS) is 20.9. The van der Waals surface area contributed by atoms with Crippen LogP contribution in [0.5, 0.6) is 0 Å². The Kier molecular flexibility index (Phi) is 5.28. The second-order valence-corrected chi connectivity index (χ2v) is 6.65. The molecule has 1 saturated heterocycles. The van der Waals surface area contributed by atoms with Crippen molar-refractivity contribution in [2.24, 2.45) is 0 Å². The van der Waals surface area contributed by atoms with E-state index >= 15 is 0 Å². The first kappa shape index (κ1) is 16.7. The highest BCUT2D eigenvalue weighted by Gasteiger charge is 2.30. The SMILES string of the molecule is O=C(CC1=CCCCC1)N[C@@H]1CC(=O)N(Cc2ccc(F)cc2)C1. The van der Waals surface area contributed by atoms with Crippen LogP contribution in [0.15, 0.2) is 35.9 Å². The maximum atomic E-state index is 12.9. The average Bonchev–Trinajstić information content (AvgIpc) is 2.89. The monoisotopic (exact) mass is 330 g/mol. The minimum atomic E-state index is -0.284. The predicted molar refractivity (Wildman–Crippen MR) is 89.5 cm³/mol. The van der Waals surface area contributed by atoms with Crippen LogP contribution in [-0.4, -0.2) is 29.3 Å². The van der Waals surface area contributed by atoms with Crippen LogP contribution in [0.4, 0.5) is 4.39 Å². The molecule has 0 bridgehead atoms. The first-order valence-corrected chi connectivity index (χ1v) is 8.59. The van der Waals surface area contributed by atoms with Crippen LogP contribution in [0.25, 0.3) is 0 Å². The number of carbonyl (C=O) groups excluding carboxylic acids is 2. The Bertz CT molecular complexity index is 639. The molecule has 128 valence electrons. The van der Waals surface area contributed by atoms with Crippen molar-refractivity contribution in [3.05, 3.63) is 47.3 Å². The van der Waals surface area contributed by atoms with E-state index in [0.29, 0.717) is 25.9 Å². The number of benzene rings is 1. The Morgan fingerprint density at radius 3 is 2.75 bits per heavy atom. The van der Waals surface area contributed by atoms with Crippen molar-refractivity contribution >= 4 is 11.8 Å². The van der Waals surface area contributed by atoms with Gasteiger partial charge in [-0.25, -0.2) is 4.39 Å². The molecule has 2 amide bonds. The van der Waals surface area contributed by atoms with E-state index < -0.39 is 0 Å². The third-order valence-corrected chi connectivity index (χ3v) is 4.64. The van der Waals surface area contributed by atoms with Crippen LogP contribution >= 0.6 is 0 Å². The van der Waals surface area contributed by atoms with Crippen molar-refractivity contribution < 1.29 is 14.0 Å². The van der Waals surface area contributed by atoms with Gasteiger partial charge in [-0.3, -0.25) is 9.59 Å². The molecule has 1 aliphatic carbocycles. The molecule has 1 N–H and O–H groups in total. The van der Waals surface area contributed by atoms with Crippen molar-refractivity contribution in [2.45, 2.75) is 51.1 Å². The number of hydrogen-bond acceptors (Lipinski definition) is 2. The number of allylic oxidation sites excluding steroid dienone is 1. The number of hydrogen-bond donors (Lipinski definition) is 1. The Morgan fingerprint density at radius 1 is 1.25 bits per heavy atom. The van der Waals surface area contributed by atoms with Gasteiger partial charge in [0, 0.05) is 25.9 Å². The Balaban J connectivity index is 1.49. The first-order chi connectivity index (χ1) is 11.6. The van der Waals surface area contributed by atoms with E-state index in [1.54, 1.807) is 17.0 Å². The zero-order valence-corrected chi connectivity index (χ0v) is 13.8. The fraction of sp³-hybridized carbons (Fsp3) is 0.474. The van der Waals surface area contributed by atoms with Gasteiger partial charge >= 0.3 is 0 Å². The molecule has 0 radical (unpaired) electrons. The summed E-state index contributed by atoms with van der Waals surface area (Å²) in [6, 6.07) is 6.03. The summed E-state index contributed by atoms with van der Waals surface area (Å²) in [6.45, 7) is 0.970. The molecule has 0 saturated carbocycles. The Hall–Kier alpha value is -2.17. The molecule has 1 aromatic carbocycles. The molecule has 0 unspecified atom stereocenters. The van der Waals surface area contributed by atoms with E-state index in [4.69, 9.17) is 0 Å². The minimum Gasteiger partial charge on any atom is -0.351 e. The molecule has 0 aromatic heterocycles. The summed E-state index contributed by atoms with van der Waals surface area (Å²) in [4.78, 5) is 26.0. The summed E-state index contributed by atoms with van der Waals surface area (Å²) in [5.74, 6) is -0.250. The van der Waals surface area contributed by atoms with Crippen LogP contribution in [0.3, 0.4) is 0 Å². The van der Waals surface area contributed by atoms with Crippen LogP contribution in [0, 0.1) is 5.82 Å². The molecule has 1 aliphatic heterocycles. The number of likely N-dealkylation sites (tertiary alicyclic amines) is 1. The molecule has 24 heavy (non-hydrogen) atoms. The third kappa shape index (κ3) is 4.43. The molecular formula is C19H23FN2O2. The number of carbonyl (C=O) groups is 2. The van der Waals surface area contributed by atoms with E-state index in [1.807, 2.05) is 0 Å². The average molecular weight is 330 g/mol. The lowest BCUT2D eigenvalue weighted by Gasteiger charge is -2.18. The summed E-state index contributed by atoms with van der Waals surface area (Å²) >= 11 is 0. The van der Waals surface area contributed by atoms with Gasteiger partial charge in [-0.1, -0.05) is 23.8 Å². The third-order valence-electron chi connectivity index (χ3n) is 4.64. The summed E-state index contributed by atoms with van der Waals surface area (Å²) in [5.41, 5.74) is 2.11. The quantitative estimate of drug-likeness (QED) is 0.844. The summed E-state index contributed by atoms with van der Waals surface area (Å²) < 4.78 is 12.9. The van der Waals surface area contributed by atoms with E-state index in [1.165, 1.54) is 24.1 Å². The summed E-state index contributed by atoms with van der Waals surface area (Å²) in [5, 5.41) is 2.98. The smallest absolute Gasteiger partial charge is 0.225 e. The lowest BCUT2D eigenvalue weighted by Crippen LogP contribution is -2.37. The van der Waals surface area contributed by atoms with Gasteiger partial charge in [0.15, 0.2) is 0 Å². The summed E-state index contributed by atoms with van der Waals surface area (Å²) in [7, 11) is 0. The Labute approximate surface area is 141 Å². The standard InChI is InChI=1S/C19H23FN2O2/c20-16-8-6-15(7-9-16)12-22-13-17(11-19(22)24)21-18(23)10-14-4-2-1-3-5-14/h4,6-9,17H,1-3,5,10-13H2,(H,21,23)/t17-/m1/s1. The van der Waals surface area contributed by atoms with Gasteiger partial charge in [0.05, 0.1) is 6.04 Å². The summed E-state index contributed by atoms with van der Waals surface area (Å²) in [6.07, 6.45) is 7.40. The van der Waals surface area contributed by atoms with Crippen molar-refractivity contribution in [2.75, 3.05) is 6.54 Å². The molecule has 2 aliphatic rings. The van der Waals surface area contributed by atoms with Crippen molar-refractivity contribution in [1.29, 1.82) is 0 Å². The topological polar surface area (TPSA) is 49.4 Å². The molecule has 4 nitrogen and oxygen atoms in total. The van der Waals surface area contributed by atoms with Gasteiger partial charge in [0.1, 0.15) is 5.82 Å². The van der Waals surface area contributed by atoms with Crippen molar-refractivity contribution in [3.8, 4) is 0 Å². The lowest BCUT2D eigenvalue weighted by molar-refractivity contribution is -0.128. The van der Waals surface area contributed by atoms with E-state index in [2.05, 4.69) is 11.4 Å². The van der Waals surface area contributed by atoms with Gasteiger partial charge in [0.2, 0.25) is 11.8 Å². The maximum absolute atomic E-state index is 12.9. The van der Waals surface area contributed by atoms with E-state index in [-0.39, 0.29) is 23.7 Å². The highest BCUT2D eigenvalue weighted by molar-refractivity contribution is 5.83. The van der Waals surface area contributed by atoms with Crippen LogP contribution in [0.2, 0.25) is 0 Å². The Morgan fingerprint density at radius 2 is 2.04 bits per heavy atom. The molecule has 3 rings (SSSR count). The fourth-order valence-corrected chi connectivity index (χ4v) is 3.38. The molecule has 1 aromatic rings. The predicted octanol–water partition coefficient (Wildman–Crippen LogP) is 2.93. The number of rotatable bonds is 5. The van der Waals surface area contributed by atoms with Gasteiger partial charge in [-0.05, 0) is 43.4 Å². The number of amides is 2. The molecule has 1 atom stereocenters. The van der Waals surface area contributed by atoms with Gasteiger partial charge in [-0.15, -0.1) is 0 Å². The van der Waals surface area contributed by atoms with Gasteiger partial charge in [0.25, 0.3) is 0 Å². The minimum absolute atomic E-state index is 0.00424. The number of halogens is 1. The van der Waals surface area contributed by atoms with Crippen LogP contribution in [-0.2, 0) is 16.1 Å². The number of nitrogens with zero attached hydrogens (tertiary/aromatic N) is 1. The highest BCUT2D eigenvalue weighted by atomic mass is 19.1. The largest absolute Gasteiger partial charge is 0.351 e. The van der Waals surface area contributed by atoms with Gasteiger partial charge < -0.3 is 10.2 Å². The van der Waals surface area contributed by atoms with Crippen LogP contribution in [0.1, 0.15) is 44.1 Å². The first-order valence-electron chi connectivity index (χ1n) is 8.59. The molecule has 1 heterocycles. The molecular weight excluding hydrogens is 307 g/mol. The molecule has 0 spiro atoms. The zero-order valence-electron chi connectivity index (χ0n) is 13.8.